The maximum absolute atomic E-state index is 12.2. The Balaban J connectivity index is 2.57. The first-order valence-electron chi connectivity index (χ1n) is 6.45. The largest absolute Gasteiger partial charge is 0.296 e. The third-order valence-electron chi connectivity index (χ3n) is 3.34. The summed E-state index contributed by atoms with van der Waals surface area (Å²) in [5, 5.41) is 0. The van der Waals surface area contributed by atoms with Gasteiger partial charge in [0.05, 0.1) is 5.75 Å². The number of nitrogens with zero attached hydrogens (tertiary/aromatic N) is 2. The molecule has 0 aromatic carbocycles. The van der Waals surface area contributed by atoms with Crippen LogP contribution in [0.2, 0.25) is 0 Å². The Morgan fingerprint density at radius 1 is 1.17 bits per heavy atom. The zero-order chi connectivity index (χ0) is 14.0. The van der Waals surface area contributed by atoms with Gasteiger partial charge in [0.2, 0.25) is 10.0 Å². The molecule has 1 heterocycles. The van der Waals surface area contributed by atoms with Gasteiger partial charge in [0.25, 0.3) is 0 Å². The van der Waals surface area contributed by atoms with Gasteiger partial charge in [0.15, 0.2) is 0 Å². The molecule has 0 saturated carbocycles. The molecule has 1 unspecified atom stereocenters. The molecule has 18 heavy (non-hydrogen) atoms. The van der Waals surface area contributed by atoms with Gasteiger partial charge in [-0.1, -0.05) is 6.92 Å². The van der Waals surface area contributed by atoms with Gasteiger partial charge in [0.1, 0.15) is 0 Å². The molecule has 0 amide bonds. The van der Waals surface area contributed by atoms with Crippen molar-refractivity contribution in [1.82, 2.24) is 9.21 Å². The number of hydrogen-bond donors (Lipinski definition) is 0. The van der Waals surface area contributed by atoms with Crippen molar-refractivity contribution < 1.29 is 8.42 Å². The van der Waals surface area contributed by atoms with Crippen molar-refractivity contribution in [3.63, 3.8) is 0 Å². The summed E-state index contributed by atoms with van der Waals surface area (Å²) in [5.41, 5.74) is 0.110. The Kier molecular flexibility index (Phi) is 5.47. The van der Waals surface area contributed by atoms with Crippen LogP contribution in [0.5, 0.6) is 0 Å². The third kappa shape index (κ3) is 4.37. The smallest absolute Gasteiger partial charge is 0.214 e. The molecule has 108 valence electrons. The van der Waals surface area contributed by atoms with Crippen LogP contribution in [0.3, 0.4) is 0 Å². The number of hydrogen-bond acceptors (Lipinski definition) is 3. The highest BCUT2D eigenvalue weighted by Crippen LogP contribution is 2.18. The van der Waals surface area contributed by atoms with Crippen molar-refractivity contribution in [2.45, 2.75) is 33.2 Å². The lowest BCUT2D eigenvalue weighted by Gasteiger charge is -2.41. The summed E-state index contributed by atoms with van der Waals surface area (Å²) in [6, 6.07) is 0. The predicted molar refractivity (Wildman–Crippen MR) is 76.6 cm³/mol. The molecule has 0 aromatic rings. The summed E-state index contributed by atoms with van der Waals surface area (Å²) in [4.78, 5) is 2.32. The van der Waals surface area contributed by atoms with Crippen LogP contribution in [0, 0.1) is 5.92 Å². The summed E-state index contributed by atoms with van der Waals surface area (Å²) in [6.45, 7) is 11.1. The van der Waals surface area contributed by atoms with E-state index in [-0.39, 0.29) is 17.2 Å². The van der Waals surface area contributed by atoms with E-state index < -0.39 is 10.0 Å². The molecule has 1 aliphatic heterocycles. The summed E-state index contributed by atoms with van der Waals surface area (Å²) in [5.74, 6) is 0.560. The average Bonchev–Trinajstić information content (AvgIpc) is 2.27. The van der Waals surface area contributed by atoms with Crippen LogP contribution in [-0.4, -0.2) is 61.0 Å². The van der Waals surface area contributed by atoms with Crippen LogP contribution in [0.15, 0.2) is 0 Å². The van der Waals surface area contributed by atoms with Crippen molar-refractivity contribution in [3.8, 4) is 0 Å². The SMILES string of the molecule is CC(CCl)CS(=O)(=O)N1CCN(C(C)(C)C)CC1. The highest BCUT2D eigenvalue weighted by atomic mass is 35.5. The van der Waals surface area contributed by atoms with Gasteiger partial charge in [-0.15, -0.1) is 11.6 Å². The molecule has 0 N–H and O–H groups in total. The molecule has 0 aromatic heterocycles. The molecular weight excluding hydrogens is 272 g/mol. The second kappa shape index (κ2) is 6.07. The zero-order valence-electron chi connectivity index (χ0n) is 11.8. The molecule has 0 radical (unpaired) electrons. The van der Waals surface area contributed by atoms with E-state index in [9.17, 15) is 8.42 Å². The normalized spacial score (nSPS) is 22.1. The van der Waals surface area contributed by atoms with Crippen molar-refractivity contribution in [2.24, 2.45) is 5.92 Å². The van der Waals surface area contributed by atoms with Crippen LogP contribution in [-0.2, 0) is 10.0 Å². The highest BCUT2D eigenvalue weighted by molar-refractivity contribution is 7.89. The molecule has 0 spiro atoms. The van der Waals surface area contributed by atoms with E-state index in [2.05, 4.69) is 25.7 Å². The van der Waals surface area contributed by atoms with Crippen LogP contribution in [0.1, 0.15) is 27.7 Å². The van der Waals surface area contributed by atoms with Gasteiger partial charge in [-0.2, -0.15) is 4.31 Å². The first-order valence-corrected chi connectivity index (χ1v) is 8.60. The fourth-order valence-electron chi connectivity index (χ4n) is 2.15. The fourth-order valence-corrected chi connectivity index (χ4v) is 4.15. The number of rotatable bonds is 4. The van der Waals surface area contributed by atoms with E-state index >= 15 is 0 Å². The lowest BCUT2D eigenvalue weighted by atomic mass is 10.1. The number of piperazine rings is 1. The Bertz CT molecular complexity index is 357. The molecule has 1 rings (SSSR count). The van der Waals surface area contributed by atoms with Crippen LogP contribution < -0.4 is 0 Å². The minimum absolute atomic E-state index is 0.0114. The quantitative estimate of drug-likeness (QED) is 0.740. The standard InChI is InChI=1S/C12H25ClN2O2S/c1-11(9-13)10-18(16,17)15-7-5-14(6-8-15)12(2,3)4/h11H,5-10H2,1-4H3. The molecule has 1 atom stereocenters. The molecule has 1 saturated heterocycles. The van der Waals surface area contributed by atoms with Crippen molar-refractivity contribution in [3.05, 3.63) is 0 Å². The number of sulfonamides is 1. The Morgan fingerprint density at radius 2 is 1.67 bits per heavy atom. The Labute approximate surface area is 116 Å². The summed E-state index contributed by atoms with van der Waals surface area (Å²) in [6.07, 6.45) is 0. The maximum atomic E-state index is 12.2. The van der Waals surface area contributed by atoms with Gasteiger partial charge < -0.3 is 0 Å². The second-order valence-electron chi connectivity index (χ2n) is 6.09. The Morgan fingerprint density at radius 3 is 2.06 bits per heavy atom. The lowest BCUT2D eigenvalue weighted by Crippen LogP contribution is -2.55. The monoisotopic (exact) mass is 296 g/mol. The van der Waals surface area contributed by atoms with E-state index in [0.717, 1.165) is 13.1 Å². The Hall–Kier alpha value is 0.160. The molecule has 1 aliphatic rings. The fraction of sp³-hybridized carbons (Fsp3) is 1.00. The maximum Gasteiger partial charge on any atom is 0.214 e. The molecule has 0 bridgehead atoms. The third-order valence-corrected chi connectivity index (χ3v) is 6.01. The van der Waals surface area contributed by atoms with Crippen molar-refractivity contribution >= 4 is 21.6 Å². The first kappa shape index (κ1) is 16.2. The number of halogens is 1. The minimum atomic E-state index is -3.14. The van der Waals surface area contributed by atoms with Gasteiger partial charge in [-0.05, 0) is 26.7 Å². The molecule has 1 fully saturated rings. The second-order valence-corrected chi connectivity index (χ2v) is 8.42. The molecule has 6 heteroatoms. The summed E-state index contributed by atoms with van der Waals surface area (Å²) >= 11 is 5.69. The van der Waals surface area contributed by atoms with Gasteiger partial charge >= 0.3 is 0 Å². The highest BCUT2D eigenvalue weighted by Gasteiger charge is 2.31. The molecule has 0 aliphatic carbocycles. The average molecular weight is 297 g/mol. The van der Waals surface area contributed by atoms with E-state index in [1.54, 1.807) is 4.31 Å². The zero-order valence-corrected chi connectivity index (χ0v) is 13.4. The molecular formula is C12H25ClN2O2S. The topological polar surface area (TPSA) is 40.6 Å². The van der Waals surface area contributed by atoms with Crippen LogP contribution >= 0.6 is 11.6 Å². The first-order chi connectivity index (χ1) is 8.16. The van der Waals surface area contributed by atoms with Crippen LogP contribution in [0.4, 0.5) is 0 Å². The van der Waals surface area contributed by atoms with Crippen molar-refractivity contribution in [2.75, 3.05) is 37.8 Å². The van der Waals surface area contributed by atoms with E-state index in [4.69, 9.17) is 11.6 Å². The van der Waals surface area contributed by atoms with Crippen LogP contribution in [0.25, 0.3) is 0 Å². The number of alkyl halides is 1. The molecule has 4 nitrogen and oxygen atoms in total. The van der Waals surface area contributed by atoms with Gasteiger partial charge in [-0.25, -0.2) is 8.42 Å². The van der Waals surface area contributed by atoms with E-state index in [0.29, 0.717) is 19.0 Å². The summed E-state index contributed by atoms with van der Waals surface area (Å²) < 4.78 is 25.9. The lowest BCUT2D eigenvalue weighted by molar-refractivity contribution is 0.0921. The van der Waals surface area contributed by atoms with Crippen molar-refractivity contribution in [1.29, 1.82) is 0 Å². The van der Waals surface area contributed by atoms with Gasteiger partial charge in [0, 0.05) is 37.6 Å². The minimum Gasteiger partial charge on any atom is -0.296 e. The predicted octanol–water partition coefficient (Wildman–Crippen LogP) is 1.61. The van der Waals surface area contributed by atoms with Gasteiger partial charge in [-0.3, -0.25) is 4.90 Å². The summed E-state index contributed by atoms with van der Waals surface area (Å²) in [7, 11) is -3.14. The van der Waals surface area contributed by atoms with E-state index in [1.807, 2.05) is 6.92 Å². The van der Waals surface area contributed by atoms with E-state index in [1.165, 1.54) is 0 Å².